The highest BCUT2D eigenvalue weighted by atomic mass is 35.5. The molecule has 1 unspecified atom stereocenters. The number of carbonyl (C=O) groups excluding carboxylic acids is 1. The quantitative estimate of drug-likeness (QED) is 0.874. The van der Waals surface area contributed by atoms with Gasteiger partial charge in [0.25, 0.3) is 0 Å². The molecular weight excluding hydrogens is 329 g/mol. The third-order valence-corrected chi connectivity index (χ3v) is 5.33. The lowest BCUT2D eigenvalue weighted by Gasteiger charge is -2.34. The molecule has 2 rings (SSSR count). The van der Waals surface area contributed by atoms with Crippen molar-refractivity contribution < 1.29 is 4.79 Å². The third-order valence-electron chi connectivity index (χ3n) is 3.93. The van der Waals surface area contributed by atoms with Gasteiger partial charge in [0, 0.05) is 10.8 Å². The number of thiazole rings is 1. The molecule has 0 radical (unpaired) electrons. The summed E-state index contributed by atoms with van der Waals surface area (Å²) in [6.45, 7) is 12.0. The average molecular weight is 354 g/mol. The van der Waals surface area contributed by atoms with Crippen molar-refractivity contribution in [3.8, 4) is 0 Å². The van der Waals surface area contributed by atoms with Crippen molar-refractivity contribution in [3.05, 3.63) is 15.6 Å². The lowest BCUT2D eigenvalue weighted by molar-refractivity contribution is -0.128. The number of hydrogen-bond donors (Lipinski definition) is 2. The largest absolute Gasteiger partial charge is 0.344 e. The maximum atomic E-state index is 12.3. The van der Waals surface area contributed by atoms with Crippen LogP contribution in [0.2, 0.25) is 0 Å². The first-order chi connectivity index (χ1) is 8.81. The third kappa shape index (κ3) is 4.55. The molecule has 0 aromatic carbocycles. The zero-order valence-corrected chi connectivity index (χ0v) is 15.6. The molecule has 0 bridgehead atoms. The Morgan fingerprint density at radius 3 is 2.33 bits per heavy atom. The Balaban J connectivity index is 0.00000200. The molecule has 122 valence electrons. The summed E-state index contributed by atoms with van der Waals surface area (Å²) >= 11 is 1.66. The van der Waals surface area contributed by atoms with Crippen LogP contribution in [0.1, 0.15) is 36.3 Å². The smallest absolute Gasteiger partial charge is 0.223 e. The van der Waals surface area contributed by atoms with Crippen molar-refractivity contribution in [2.45, 2.75) is 40.2 Å². The van der Waals surface area contributed by atoms with Gasteiger partial charge in [-0.1, -0.05) is 6.92 Å². The summed E-state index contributed by atoms with van der Waals surface area (Å²) in [4.78, 5) is 18.1. The van der Waals surface area contributed by atoms with Gasteiger partial charge in [-0.3, -0.25) is 4.79 Å². The Morgan fingerprint density at radius 1 is 1.38 bits per heavy atom. The second kappa shape index (κ2) is 7.77. The zero-order chi connectivity index (χ0) is 14.2. The van der Waals surface area contributed by atoms with E-state index in [1.807, 2.05) is 27.7 Å². The van der Waals surface area contributed by atoms with E-state index in [0.29, 0.717) is 5.92 Å². The Hall–Kier alpha value is -0.360. The molecule has 7 heteroatoms. The van der Waals surface area contributed by atoms with Gasteiger partial charge in [0.15, 0.2) is 0 Å². The van der Waals surface area contributed by atoms with Gasteiger partial charge < -0.3 is 10.6 Å². The molecule has 1 fully saturated rings. The second-order valence-electron chi connectivity index (χ2n) is 5.98. The second-order valence-corrected chi connectivity index (χ2v) is 7.19. The molecule has 21 heavy (non-hydrogen) atoms. The highest BCUT2D eigenvalue weighted by molar-refractivity contribution is 7.11. The predicted octanol–water partition coefficient (Wildman–Crippen LogP) is 2.81. The predicted molar refractivity (Wildman–Crippen MR) is 92.8 cm³/mol. The van der Waals surface area contributed by atoms with Crippen LogP contribution in [0, 0.1) is 25.7 Å². The van der Waals surface area contributed by atoms with E-state index >= 15 is 0 Å². The number of hydrogen-bond acceptors (Lipinski definition) is 4. The lowest BCUT2D eigenvalue weighted by Crippen LogP contribution is -2.52. The first kappa shape index (κ1) is 20.6. The van der Waals surface area contributed by atoms with Crippen LogP contribution in [0.3, 0.4) is 0 Å². The van der Waals surface area contributed by atoms with Gasteiger partial charge in [0.2, 0.25) is 5.91 Å². The Morgan fingerprint density at radius 2 is 1.95 bits per heavy atom. The molecule has 1 aliphatic heterocycles. The van der Waals surface area contributed by atoms with E-state index < -0.39 is 5.54 Å². The summed E-state index contributed by atoms with van der Waals surface area (Å²) in [5.41, 5.74) is 0.658. The fraction of sp³-hybridized carbons (Fsp3) is 0.714. The van der Waals surface area contributed by atoms with E-state index in [4.69, 9.17) is 0 Å². The molecule has 0 saturated carbocycles. The van der Waals surface area contributed by atoms with Gasteiger partial charge in [-0.05, 0) is 46.7 Å². The highest BCUT2D eigenvalue weighted by Gasteiger charge is 2.33. The van der Waals surface area contributed by atoms with Gasteiger partial charge in [-0.25, -0.2) is 4.98 Å². The van der Waals surface area contributed by atoms with Crippen LogP contribution < -0.4 is 10.6 Å². The van der Waals surface area contributed by atoms with E-state index in [1.54, 1.807) is 11.3 Å². The van der Waals surface area contributed by atoms with Crippen LogP contribution in [0.5, 0.6) is 0 Å². The SMILES string of the molecule is Cc1nc(C(C)(C)NC(=O)C(C)C2CNC2)sc1C.Cl.Cl. The number of amides is 1. The zero-order valence-electron chi connectivity index (χ0n) is 13.1. The Kier molecular flexibility index (Phi) is 7.63. The number of nitrogens with one attached hydrogen (secondary N) is 2. The van der Waals surface area contributed by atoms with E-state index in [2.05, 4.69) is 22.5 Å². The summed E-state index contributed by atoms with van der Waals surface area (Å²) in [5.74, 6) is 0.653. The minimum atomic E-state index is -0.397. The van der Waals surface area contributed by atoms with E-state index in [1.165, 1.54) is 4.88 Å². The van der Waals surface area contributed by atoms with Crippen LogP contribution in [0.15, 0.2) is 0 Å². The maximum Gasteiger partial charge on any atom is 0.223 e. The summed E-state index contributed by atoms with van der Waals surface area (Å²) in [5, 5.41) is 7.34. The normalized spacial score (nSPS) is 16.2. The molecule has 4 nitrogen and oxygen atoms in total. The minimum Gasteiger partial charge on any atom is -0.344 e. The summed E-state index contributed by atoms with van der Waals surface area (Å²) in [7, 11) is 0. The minimum absolute atomic E-state index is 0. The van der Waals surface area contributed by atoms with E-state index in [0.717, 1.165) is 23.8 Å². The van der Waals surface area contributed by atoms with E-state index in [9.17, 15) is 4.79 Å². The Labute approximate surface area is 143 Å². The van der Waals surface area contributed by atoms with E-state index in [-0.39, 0.29) is 36.6 Å². The molecular formula is C14H25Cl2N3OS. The fourth-order valence-electron chi connectivity index (χ4n) is 2.09. The number of aryl methyl sites for hydroxylation is 2. The maximum absolute atomic E-state index is 12.3. The highest BCUT2D eigenvalue weighted by Crippen LogP contribution is 2.28. The lowest BCUT2D eigenvalue weighted by atomic mass is 9.87. The average Bonchev–Trinajstić information content (AvgIpc) is 2.57. The molecule has 0 spiro atoms. The van der Waals surface area contributed by atoms with Crippen molar-refractivity contribution in [1.82, 2.24) is 15.6 Å². The van der Waals surface area contributed by atoms with Crippen molar-refractivity contribution in [3.63, 3.8) is 0 Å². The van der Waals surface area contributed by atoms with Crippen LogP contribution in [0.25, 0.3) is 0 Å². The Bertz CT molecular complexity index is 467. The molecule has 1 amide bonds. The molecule has 2 N–H and O–H groups in total. The molecule has 1 saturated heterocycles. The summed E-state index contributed by atoms with van der Waals surface area (Å²) in [6.07, 6.45) is 0. The number of aromatic nitrogens is 1. The van der Waals surface area contributed by atoms with Crippen molar-refractivity contribution in [2.24, 2.45) is 11.8 Å². The summed E-state index contributed by atoms with van der Waals surface area (Å²) < 4.78 is 0. The van der Waals surface area contributed by atoms with Gasteiger partial charge in [0.05, 0.1) is 11.2 Å². The van der Waals surface area contributed by atoms with Crippen molar-refractivity contribution >= 4 is 42.1 Å². The molecule has 1 aromatic rings. The van der Waals surface area contributed by atoms with Crippen LogP contribution in [0.4, 0.5) is 0 Å². The number of carbonyl (C=O) groups is 1. The van der Waals surface area contributed by atoms with Gasteiger partial charge >= 0.3 is 0 Å². The number of halogens is 2. The number of nitrogens with zero attached hydrogens (tertiary/aromatic N) is 1. The van der Waals surface area contributed by atoms with Gasteiger partial charge in [-0.2, -0.15) is 0 Å². The standard InChI is InChI=1S/C14H23N3OS.2ClH/c1-8(11-6-15-7-11)12(18)17-14(4,5)13-16-9(2)10(3)19-13;;/h8,11,15H,6-7H2,1-5H3,(H,17,18);2*1H. The summed E-state index contributed by atoms with van der Waals surface area (Å²) in [6, 6.07) is 0. The monoisotopic (exact) mass is 353 g/mol. The topological polar surface area (TPSA) is 54.0 Å². The van der Waals surface area contributed by atoms with Gasteiger partial charge in [-0.15, -0.1) is 36.2 Å². The molecule has 0 aliphatic carbocycles. The molecule has 1 aromatic heterocycles. The van der Waals surface area contributed by atoms with Crippen LogP contribution in [-0.2, 0) is 10.3 Å². The fourth-order valence-corrected chi connectivity index (χ4v) is 3.07. The first-order valence-electron chi connectivity index (χ1n) is 6.78. The van der Waals surface area contributed by atoms with Gasteiger partial charge in [0.1, 0.15) is 5.01 Å². The number of rotatable bonds is 4. The molecule has 1 aliphatic rings. The van der Waals surface area contributed by atoms with Crippen LogP contribution in [-0.4, -0.2) is 24.0 Å². The molecule has 1 atom stereocenters. The first-order valence-corrected chi connectivity index (χ1v) is 7.60. The van der Waals surface area contributed by atoms with Crippen molar-refractivity contribution in [2.75, 3.05) is 13.1 Å². The molecule has 2 heterocycles. The van der Waals surface area contributed by atoms with Crippen LogP contribution >= 0.6 is 36.2 Å². The van der Waals surface area contributed by atoms with Crippen molar-refractivity contribution in [1.29, 1.82) is 0 Å².